The van der Waals surface area contributed by atoms with E-state index in [9.17, 15) is 0 Å². The van der Waals surface area contributed by atoms with Crippen molar-refractivity contribution in [1.29, 1.82) is 0 Å². The quantitative estimate of drug-likeness (QED) is 0.157. The highest BCUT2D eigenvalue weighted by molar-refractivity contribution is 5.11. The van der Waals surface area contributed by atoms with Crippen LogP contribution < -0.4 is 0 Å². The molecular formula is C30H52. The van der Waals surface area contributed by atoms with E-state index < -0.39 is 0 Å². The van der Waals surface area contributed by atoms with Gasteiger partial charge in [-0.2, -0.15) is 0 Å². The van der Waals surface area contributed by atoms with Gasteiger partial charge in [0.25, 0.3) is 0 Å². The Balaban J connectivity index is 1.65. The van der Waals surface area contributed by atoms with Gasteiger partial charge in [0.05, 0.1) is 0 Å². The summed E-state index contributed by atoms with van der Waals surface area (Å²) in [6.07, 6.45) is 33.1. The Labute approximate surface area is 190 Å². The molecule has 0 unspecified atom stereocenters. The summed E-state index contributed by atoms with van der Waals surface area (Å²) in [6, 6.07) is 12.4. The summed E-state index contributed by atoms with van der Waals surface area (Å²) < 4.78 is 0. The third-order valence-corrected chi connectivity index (χ3v) is 6.51. The molecule has 0 aromatic heterocycles. The van der Waals surface area contributed by atoms with Crippen molar-refractivity contribution in [3.63, 3.8) is 0 Å². The first-order chi connectivity index (χ1) is 14.9. The molecule has 0 heterocycles. The Morgan fingerprint density at radius 1 is 0.467 bits per heavy atom. The van der Waals surface area contributed by atoms with Crippen molar-refractivity contribution in [3.05, 3.63) is 35.9 Å². The number of hydrogen-bond acceptors (Lipinski definition) is 0. The first-order valence-corrected chi connectivity index (χ1v) is 13.8. The van der Waals surface area contributed by atoms with Crippen LogP contribution >= 0.6 is 0 Å². The Kier molecular flexibility index (Phi) is 20.8. The fraction of sp³-hybridized carbons (Fsp3) is 0.800. The van der Waals surface area contributed by atoms with Crippen molar-refractivity contribution < 1.29 is 0 Å². The molecule has 1 rings (SSSR count). The second-order valence-electron chi connectivity index (χ2n) is 9.49. The van der Waals surface area contributed by atoms with Gasteiger partial charge in [0.2, 0.25) is 0 Å². The van der Waals surface area contributed by atoms with Crippen LogP contribution in [-0.2, 0) is 6.42 Å². The minimum absolute atomic E-state index is 1.18. The molecule has 172 valence electrons. The summed E-state index contributed by atoms with van der Waals surface area (Å²) in [5.74, 6) is 0. The van der Waals surface area contributed by atoms with Crippen LogP contribution in [0.4, 0.5) is 0 Å². The summed E-state index contributed by atoms with van der Waals surface area (Å²) in [5.41, 5.74) is 1.32. The zero-order valence-corrected chi connectivity index (χ0v) is 20.5. The van der Waals surface area contributed by atoms with E-state index in [0.717, 1.165) is 0 Å². The molecule has 0 aliphatic heterocycles. The van der Waals surface area contributed by atoms with E-state index >= 15 is 0 Å². The molecule has 0 heteroatoms. The maximum atomic E-state index is 3.30. The minimum atomic E-state index is 1.18. The van der Waals surface area contributed by atoms with Crippen LogP contribution in [0.5, 0.6) is 0 Å². The Morgan fingerprint density at radius 3 is 1.17 bits per heavy atom. The average Bonchev–Trinajstić information content (AvgIpc) is 2.78. The van der Waals surface area contributed by atoms with E-state index in [1.165, 1.54) is 153 Å². The topological polar surface area (TPSA) is 0 Å². The zero-order chi connectivity index (χ0) is 21.4. The summed E-state index contributed by atoms with van der Waals surface area (Å²) in [4.78, 5) is 0. The monoisotopic (exact) mass is 412 g/mol. The molecule has 0 saturated heterocycles. The molecule has 0 saturated carbocycles. The Hall–Kier alpha value is -0.780. The molecule has 0 bridgehead atoms. The second-order valence-corrected chi connectivity index (χ2v) is 9.49. The molecule has 0 atom stereocenters. The van der Waals surface area contributed by atoms with E-state index in [-0.39, 0.29) is 0 Å². The van der Waals surface area contributed by atoms with Gasteiger partial charge in [-0.25, -0.2) is 0 Å². The molecule has 0 aliphatic carbocycles. The summed E-state index contributed by atoms with van der Waals surface area (Å²) in [6.45, 7) is 2.30. The summed E-state index contributed by atoms with van der Waals surface area (Å²) in [7, 11) is 0. The number of hydrogen-bond donors (Lipinski definition) is 0. The highest BCUT2D eigenvalue weighted by Crippen LogP contribution is 2.15. The predicted molar refractivity (Wildman–Crippen MR) is 135 cm³/mol. The molecule has 2 radical (unpaired) electrons. The van der Waals surface area contributed by atoms with Crippen molar-refractivity contribution in [2.45, 2.75) is 155 Å². The molecule has 0 fully saturated rings. The van der Waals surface area contributed by atoms with Crippen molar-refractivity contribution in [1.82, 2.24) is 0 Å². The van der Waals surface area contributed by atoms with Crippen molar-refractivity contribution in [2.24, 2.45) is 0 Å². The average molecular weight is 413 g/mol. The van der Waals surface area contributed by atoms with Gasteiger partial charge in [0.15, 0.2) is 0 Å². The van der Waals surface area contributed by atoms with E-state index in [1.807, 2.05) is 12.1 Å². The second kappa shape index (κ2) is 22.9. The predicted octanol–water partition coefficient (Wildman–Crippen LogP) is 10.4. The molecule has 0 spiro atoms. The molecule has 1 aromatic rings. The lowest BCUT2D eigenvalue weighted by atomic mass is 10.0. The largest absolute Gasteiger partial charge is 0.0654 e. The molecule has 1 aromatic carbocycles. The van der Waals surface area contributed by atoms with Crippen LogP contribution in [0.25, 0.3) is 0 Å². The number of unbranched alkanes of at least 4 members (excludes halogenated alkanes) is 21. The van der Waals surface area contributed by atoms with Crippen LogP contribution in [-0.4, -0.2) is 0 Å². The van der Waals surface area contributed by atoms with Gasteiger partial charge in [-0.1, -0.05) is 160 Å². The van der Waals surface area contributed by atoms with Gasteiger partial charge in [-0.15, -0.1) is 0 Å². The molecule has 0 amide bonds. The van der Waals surface area contributed by atoms with E-state index in [2.05, 4.69) is 25.1 Å². The molecule has 0 nitrogen and oxygen atoms in total. The smallest absolute Gasteiger partial charge is 0.0149 e. The van der Waals surface area contributed by atoms with Gasteiger partial charge >= 0.3 is 0 Å². The Morgan fingerprint density at radius 2 is 0.833 bits per heavy atom. The highest BCUT2D eigenvalue weighted by Gasteiger charge is 1.96. The Bertz CT molecular complexity index is 421. The summed E-state index contributed by atoms with van der Waals surface area (Å²) in [5, 5.41) is 0. The summed E-state index contributed by atoms with van der Waals surface area (Å²) >= 11 is 0. The van der Waals surface area contributed by atoms with Crippen molar-refractivity contribution in [3.8, 4) is 0 Å². The van der Waals surface area contributed by atoms with E-state index in [0.29, 0.717) is 0 Å². The lowest BCUT2D eigenvalue weighted by Gasteiger charge is -2.04. The standard InChI is InChI=1S/C30H52/c1-2-3-4-5-6-7-8-9-10-11-12-13-14-15-16-17-18-19-20-21-22-24-27-30-28-25-23-26-29-30/h23,25,29H,2-22,24,27H2,1H3. The van der Waals surface area contributed by atoms with E-state index in [1.54, 1.807) is 0 Å². The maximum absolute atomic E-state index is 3.30. The van der Waals surface area contributed by atoms with Crippen LogP contribution in [0.3, 0.4) is 0 Å². The number of aryl methyl sites for hydroxylation is 1. The van der Waals surface area contributed by atoms with Gasteiger partial charge in [0.1, 0.15) is 0 Å². The zero-order valence-electron chi connectivity index (χ0n) is 20.5. The van der Waals surface area contributed by atoms with Crippen LogP contribution in [0, 0.1) is 12.1 Å². The van der Waals surface area contributed by atoms with Gasteiger partial charge in [-0.05, 0) is 30.5 Å². The van der Waals surface area contributed by atoms with Crippen molar-refractivity contribution >= 4 is 0 Å². The SMILES string of the molecule is CCCCCCCCCCCCCCCCCCCCCCCCc1[c]cc[c]c1. The van der Waals surface area contributed by atoms with Crippen LogP contribution in [0.2, 0.25) is 0 Å². The number of benzene rings is 1. The number of rotatable bonds is 23. The van der Waals surface area contributed by atoms with Crippen LogP contribution in [0.15, 0.2) is 18.2 Å². The van der Waals surface area contributed by atoms with Crippen LogP contribution in [0.1, 0.15) is 154 Å². The molecule has 0 N–H and O–H groups in total. The third-order valence-electron chi connectivity index (χ3n) is 6.51. The van der Waals surface area contributed by atoms with Gasteiger partial charge in [-0.3, -0.25) is 0 Å². The van der Waals surface area contributed by atoms with Gasteiger partial charge < -0.3 is 0 Å². The normalized spacial score (nSPS) is 11.2. The highest BCUT2D eigenvalue weighted by atomic mass is 14.0. The fourth-order valence-electron chi connectivity index (χ4n) is 4.46. The lowest BCUT2D eigenvalue weighted by Crippen LogP contribution is -1.86. The fourth-order valence-corrected chi connectivity index (χ4v) is 4.46. The molecule has 30 heavy (non-hydrogen) atoms. The first kappa shape index (κ1) is 27.3. The third kappa shape index (κ3) is 19.2. The van der Waals surface area contributed by atoms with E-state index in [4.69, 9.17) is 0 Å². The molecular weight excluding hydrogens is 360 g/mol. The first-order valence-electron chi connectivity index (χ1n) is 13.8. The minimum Gasteiger partial charge on any atom is -0.0654 e. The van der Waals surface area contributed by atoms with Gasteiger partial charge in [0, 0.05) is 0 Å². The molecule has 0 aliphatic rings. The lowest BCUT2D eigenvalue weighted by molar-refractivity contribution is 0.519. The maximum Gasteiger partial charge on any atom is -0.0149 e. The van der Waals surface area contributed by atoms with Crippen molar-refractivity contribution in [2.75, 3.05) is 0 Å².